The van der Waals surface area contributed by atoms with Crippen molar-refractivity contribution in [3.8, 4) is 0 Å². The molecule has 1 aromatic rings. The van der Waals surface area contributed by atoms with Crippen LogP contribution in [0.1, 0.15) is 46.5 Å². The third kappa shape index (κ3) is 6.20. The van der Waals surface area contributed by atoms with Gasteiger partial charge in [-0.3, -0.25) is 4.79 Å². The van der Waals surface area contributed by atoms with Crippen LogP contribution in [0.5, 0.6) is 0 Å². The molecule has 1 amide bonds. The molecule has 0 unspecified atom stereocenters. The summed E-state index contributed by atoms with van der Waals surface area (Å²) in [6.45, 7) is 8.12. The highest BCUT2D eigenvalue weighted by atomic mass is 16.2. The first kappa shape index (κ1) is 16.7. The Morgan fingerprint density at radius 1 is 1.20 bits per heavy atom. The van der Waals surface area contributed by atoms with Crippen LogP contribution in [0.25, 0.3) is 0 Å². The van der Waals surface area contributed by atoms with Gasteiger partial charge in [0.05, 0.1) is 0 Å². The highest BCUT2D eigenvalue weighted by molar-refractivity contribution is 5.93. The first-order valence-electron chi connectivity index (χ1n) is 7.74. The predicted molar refractivity (Wildman–Crippen MR) is 86.1 cm³/mol. The maximum atomic E-state index is 12.4. The summed E-state index contributed by atoms with van der Waals surface area (Å²) >= 11 is 0. The van der Waals surface area contributed by atoms with E-state index >= 15 is 0 Å². The summed E-state index contributed by atoms with van der Waals surface area (Å²) in [5.74, 6) is 0.232. The van der Waals surface area contributed by atoms with Gasteiger partial charge >= 0.3 is 0 Å². The van der Waals surface area contributed by atoms with Crippen molar-refractivity contribution in [2.24, 2.45) is 0 Å². The molecule has 3 heteroatoms. The van der Waals surface area contributed by atoms with Crippen LogP contribution in [0.3, 0.4) is 0 Å². The largest absolute Gasteiger partial charge is 0.315 e. The Morgan fingerprint density at radius 3 is 2.50 bits per heavy atom. The number of nitrogens with one attached hydrogen (secondary N) is 1. The molecule has 0 atom stereocenters. The zero-order valence-electron chi connectivity index (χ0n) is 13.1. The number of unbranched alkanes of at least 4 members (excludes halogenated alkanes) is 1. The normalized spacial score (nSPS) is 10.8. The fourth-order valence-corrected chi connectivity index (χ4v) is 2.09. The van der Waals surface area contributed by atoms with Crippen LogP contribution in [0.2, 0.25) is 0 Å². The van der Waals surface area contributed by atoms with E-state index in [1.54, 1.807) is 0 Å². The maximum Gasteiger partial charge on any atom is 0.227 e. The van der Waals surface area contributed by atoms with Gasteiger partial charge in [-0.15, -0.1) is 0 Å². The van der Waals surface area contributed by atoms with Crippen molar-refractivity contribution in [2.45, 2.75) is 52.5 Å². The van der Waals surface area contributed by atoms with Crippen LogP contribution in [-0.4, -0.2) is 25.0 Å². The molecule has 0 aliphatic carbocycles. The predicted octanol–water partition coefficient (Wildman–Crippen LogP) is 3.60. The molecular formula is C17H28N2O. The molecule has 0 aliphatic heterocycles. The Hall–Kier alpha value is -1.35. The first-order valence-corrected chi connectivity index (χ1v) is 7.74. The van der Waals surface area contributed by atoms with Gasteiger partial charge in [-0.2, -0.15) is 0 Å². The van der Waals surface area contributed by atoms with Crippen LogP contribution < -0.4 is 10.2 Å². The van der Waals surface area contributed by atoms with Gasteiger partial charge < -0.3 is 10.2 Å². The van der Waals surface area contributed by atoms with Crippen molar-refractivity contribution >= 4 is 11.6 Å². The van der Waals surface area contributed by atoms with E-state index in [0.29, 0.717) is 12.5 Å². The van der Waals surface area contributed by atoms with Crippen LogP contribution in [0.15, 0.2) is 30.3 Å². The van der Waals surface area contributed by atoms with Gasteiger partial charge in [-0.05, 0) is 31.5 Å². The molecular weight excluding hydrogens is 248 g/mol. The van der Waals surface area contributed by atoms with E-state index in [0.717, 1.165) is 38.0 Å². The van der Waals surface area contributed by atoms with Crippen molar-refractivity contribution in [1.82, 2.24) is 5.32 Å². The molecule has 0 saturated heterocycles. The molecule has 112 valence electrons. The van der Waals surface area contributed by atoms with Crippen LogP contribution in [0.4, 0.5) is 5.69 Å². The summed E-state index contributed by atoms with van der Waals surface area (Å²) in [5.41, 5.74) is 1.02. The molecule has 0 radical (unpaired) electrons. The number of rotatable bonds is 9. The summed E-state index contributed by atoms with van der Waals surface area (Å²) in [7, 11) is 0. The smallest absolute Gasteiger partial charge is 0.227 e. The van der Waals surface area contributed by atoms with Gasteiger partial charge in [0.2, 0.25) is 5.91 Å². The van der Waals surface area contributed by atoms with Gasteiger partial charge in [0.1, 0.15) is 0 Å². The molecule has 0 fully saturated rings. The number of para-hydroxylation sites is 1. The third-order valence-electron chi connectivity index (χ3n) is 3.22. The van der Waals surface area contributed by atoms with Crippen LogP contribution >= 0.6 is 0 Å². The van der Waals surface area contributed by atoms with Crippen LogP contribution in [-0.2, 0) is 4.79 Å². The second-order valence-corrected chi connectivity index (χ2v) is 5.45. The molecule has 0 spiro atoms. The molecule has 1 rings (SSSR count). The number of hydrogen-bond acceptors (Lipinski definition) is 2. The van der Waals surface area contributed by atoms with Crippen molar-refractivity contribution in [3.63, 3.8) is 0 Å². The lowest BCUT2D eigenvalue weighted by Gasteiger charge is -2.23. The second-order valence-electron chi connectivity index (χ2n) is 5.45. The lowest BCUT2D eigenvalue weighted by Crippen LogP contribution is -2.32. The quantitative estimate of drug-likeness (QED) is 0.699. The van der Waals surface area contributed by atoms with Gasteiger partial charge in [0.15, 0.2) is 0 Å². The maximum absolute atomic E-state index is 12.4. The lowest BCUT2D eigenvalue weighted by molar-refractivity contribution is -0.118. The van der Waals surface area contributed by atoms with Gasteiger partial charge in [-0.25, -0.2) is 0 Å². The van der Waals surface area contributed by atoms with Crippen molar-refractivity contribution in [1.29, 1.82) is 0 Å². The Labute approximate surface area is 123 Å². The zero-order valence-corrected chi connectivity index (χ0v) is 13.1. The Kier molecular flexibility index (Phi) is 7.97. The van der Waals surface area contributed by atoms with E-state index in [-0.39, 0.29) is 5.91 Å². The van der Waals surface area contributed by atoms with E-state index in [9.17, 15) is 4.79 Å². The number of amides is 1. The minimum atomic E-state index is 0.232. The average Bonchev–Trinajstić information content (AvgIpc) is 2.45. The minimum Gasteiger partial charge on any atom is -0.315 e. The number of hydrogen-bond donors (Lipinski definition) is 1. The zero-order chi connectivity index (χ0) is 14.8. The first-order chi connectivity index (χ1) is 9.65. The summed E-state index contributed by atoms with van der Waals surface area (Å²) in [6, 6.07) is 10.5. The molecule has 0 aliphatic rings. The fourth-order valence-electron chi connectivity index (χ4n) is 2.09. The fraction of sp³-hybridized carbons (Fsp3) is 0.588. The van der Waals surface area contributed by atoms with Gasteiger partial charge in [0, 0.05) is 24.7 Å². The van der Waals surface area contributed by atoms with E-state index in [1.807, 2.05) is 35.2 Å². The Balaban J connectivity index is 2.52. The molecule has 0 saturated carbocycles. The lowest BCUT2D eigenvalue weighted by atomic mass is 10.2. The van der Waals surface area contributed by atoms with Gasteiger partial charge in [0.25, 0.3) is 0 Å². The molecule has 20 heavy (non-hydrogen) atoms. The number of benzene rings is 1. The highest BCUT2D eigenvalue weighted by Gasteiger charge is 2.14. The van der Waals surface area contributed by atoms with E-state index in [4.69, 9.17) is 0 Å². The molecule has 3 nitrogen and oxygen atoms in total. The highest BCUT2D eigenvalue weighted by Crippen LogP contribution is 2.16. The molecule has 1 N–H and O–H groups in total. The third-order valence-corrected chi connectivity index (χ3v) is 3.22. The second kappa shape index (κ2) is 9.54. The number of nitrogens with zero attached hydrogens (tertiary/aromatic N) is 1. The average molecular weight is 276 g/mol. The van der Waals surface area contributed by atoms with Crippen molar-refractivity contribution in [3.05, 3.63) is 30.3 Å². The number of carbonyl (C=O) groups is 1. The molecule has 0 bridgehead atoms. The molecule has 0 aromatic heterocycles. The topological polar surface area (TPSA) is 32.3 Å². The summed E-state index contributed by atoms with van der Waals surface area (Å²) in [6.07, 6.45) is 3.65. The van der Waals surface area contributed by atoms with Gasteiger partial charge in [-0.1, -0.05) is 45.4 Å². The minimum absolute atomic E-state index is 0.232. The van der Waals surface area contributed by atoms with E-state index < -0.39 is 0 Å². The van der Waals surface area contributed by atoms with E-state index in [2.05, 4.69) is 26.1 Å². The number of anilines is 1. The van der Waals surface area contributed by atoms with Crippen molar-refractivity contribution in [2.75, 3.05) is 18.0 Å². The number of carbonyl (C=O) groups excluding carboxylic acids is 1. The monoisotopic (exact) mass is 276 g/mol. The SMILES string of the molecule is CCCCN(C(=O)CCCNC(C)C)c1ccccc1. The van der Waals surface area contributed by atoms with E-state index in [1.165, 1.54) is 0 Å². The Bertz CT molecular complexity index is 376. The summed E-state index contributed by atoms with van der Waals surface area (Å²) < 4.78 is 0. The molecule has 0 heterocycles. The Morgan fingerprint density at radius 2 is 1.90 bits per heavy atom. The summed E-state index contributed by atoms with van der Waals surface area (Å²) in [4.78, 5) is 14.3. The van der Waals surface area contributed by atoms with Crippen molar-refractivity contribution < 1.29 is 4.79 Å². The van der Waals surface area contributed by atoms with Crippen LogP contribution in [0, 0.1) is 0 Å². The molecule has 1 aromatic carbocycles. The standard InChI is InChI=1S/C17H28N2O/c1-4-5-14-19(16-10-7-6-8-11-16)17(20)12-9-13-18-15(2)3/h6-8,10-11,15,18H,4-5,9,12-14H2,1-3H3. The summed E-state index contributed by atoms with van der Waals surface area (Å²) in [5, 5.41) is 3.35.